The van der Waals surface area contributed by atoms with E-state index in [2.05, 4.69) is 76.3 Å². The van der Waals surface area contributed by atoms with Crippen molar-refractivity contribution in [1.82, 2.24) is 10.9 Å². The van der Waals surface area contributed by atoms with Gasteiger partial charge in [-0.15, -0.1) is 0 Å². The average Bonchev–Trinajstić information content (AvgIpc) is 3.16. The van der Waals surface area contributed by atoms with Crippen LogP contribution >= 0.6 is 0 Å². The van der Waals surface area contributed by atoms with Gasteiger partial charge in [-0.1, -0.05) is 102 Å². The van der Waals surface area contributed by atoms with Crippen molar-refractivity contribution in [2.45, 2.75) is 180 Å². The van der Waals surface area contributed by atoms with Gasteiger partial charge in [-0.3, -0.25) is 20.4 Å². The summed E-state index contributed by atoms with van der Waals surface area (Å²) in [6.45, 7) is 24.7. The third-order valence-electron chi connectivity index (χ3n) is 10.5. The quantitative estimate of drug-likeness (QED) is 0.0393. The third-order valence-corrected chi connectivity index (χ3v) is 23.0. The summed E-state index contributed by atoms with van der Waals surface area (Å²) < 4.78 is 24.9. The maximum absolute atomic E-state index is 12.9. The zero-order valence-electron chi connectivity index (χ0n) is 39.4. The van der Waals surface area contributed by atoms with Crippen molar-refractivity contribution in [3.05, 3.63) is 71.8 Å². The Hall–Kier alpha value is -2.75. The predicted octanol–water partition coefficient (Wildman–Crippen LogP) is 14.0. The molecule has 0 fully saturated rings. The highest BCUT2D eigenvalue weighted by Gasteiger charge is 2.29. The second-order valence-electron chi connectivity index (χ2n) is 20.0. The summed E-state index contributed by atoms with van der Waals surface area (Å²) in [5, 5.41) is 1.93. The molecule has 0 atom stereocenters. The average molecular weight is 896 g/mol. The smallest absolute Gasteiger partial charge is 0.269 e. The molecule has 0 saturated heterocycles. The van der Waals surface area contributed by atoms with Gasteiger partial charge in [0.1, 0.15) is 11.5 Å². The molecule has 0 aliphatic heterocycles. The Morgan fingerprint density at radius 1 is 0.417 bits per heavy atom. The summed E-state index contributed by atoms with van der Waals surface area (Å²) in [6, 6.07) is 21.0. The fourth-order valence-corrected chi connectivity index (χ4v) is 24.3. The van der Waals surface area contributed by atoms with E-state index in [1.165, 1.54) is 95.6 Å². The van der Waals surface area contributed by atoms with Crippen molar-refractivity contribution in [3.8, 4) is 11.5 Å². The van der Waals surface area contributed by atoms with E-state index in [1.54, 1.807) is 30.3 Å². The standard InChI is InChI=1S/C48H82N2O6Si4/c1-57(2,3)55-59(7,8)37-25-21-17-13-11-15-19-23-35-53-45-32-29-41(30-33-45)47(51)49-50-48(52)44-28-27-43-40-46(34-31-42(43)39-44)54-36-24-20-16-12-14-18-22-26-38-60(9,10)56-58(4,5)6/h27-34,39-40H,11-26,35-38H2,1-10H3,(H,49,51)(H,50,52). The van der Waals surface area contributed by atoms with E-state index in [0.29, 0.717) is 24.3 Å². The van der Waals surface area contributed by atoms with Gasteiger partial charge >= 0.3 is 0 Å². The molecule has 0 radical (unpaired) electrons. The molecule has 3 rings (SSSR count). The van der Waals surface area contributed by atoms with E-state index in [-0.39, 0.29) is 11.8 Å². The highest BCUT2D eigenvalue weighted by Crippen LogP contribution is 2.25. The molecule has 3 aromatic carbocycles. The number of amides is 2. The van der Waals surface area contributed by atoms with Gasteiger partial charge in [-0.25, -0.2) is 0 Å². The van der Waals surface area contributed by atoms with Crippen molar-refractivity contribution in [3.63, 3.8) is 0 Å². The van der Waals surface area contributed by atoms with Crippen LogP contribution in [0.5, 0.6) is 11.5 Å². The Balaban J connectivity index is 1.23. The minimum absolute atomic E-state index is 0.378. The summed E-state index contributed by atoms with van der Waals surface area (Å²) in [4.78, 5) is 25.7. The normalized spacial score (nSPS) is 12.4. The maximum atomic E-state index is 12.9. The zero-order valence-corrected chi connectivity index (χ0v) is 43.4. The number of ether oxygens (including phenoxy) is 2. The highest BCUT2D eigenvalue weighted by atomic mass is 28.4. The Morgan fingerprint density at radius 3 is 1.23 bits per heavy atom. The van der Waals surface area contributed by atoms with Gasteiger partial charge in [0.15, 0.2) is 33.3 Å². The molecule has 12 heteroatoms. The molecule has 0 aliphatic carbocycles. The van der Waals surface area contributed by atoms with Crippen LogP contribution < -0.4 is 20.3 Å². The molecular formula is C48H82N2O6Si4. The monoisotopic (exact) mass is 895 g/mol. The molecule has 2 amide bonds. The lowest BCUT2D eigenvalue weighted by Crippen LogP contribution is -2.42. The number of fused-ring (bicyclic) bond motifs is 1. The molecule has 3 aromatic rings. The first-order chi connectivity index (χ1) is 28.3. The van der Waals surface area contributed by atoms with E-state index in [1.807, 2.05) is 30.3 Å². The highest BCUT2D eigenvalue weighted by molar-refractivity contribution is 6.84. The van der Waals surface area contributed by atoms with Crippen molar-refractivity contribution in [2.24, 2.45) is 0 Å². The second kappa shape index (κ2) is 26.0. The zero-order chi connectivity index (χ0) is 44.1. The van der Waals surface area contributed by atoms with Crippen molar-refractivity contribution >= 4 is 55.9 Å². The van der Waals surface area contributed by atoms with Crippen LogP contribution in [0.25, 0.3) is 10.8 Å². The molecule has 0 aliphatic rings. The fraction of sp³-hybridized carbons (Fsp3) is 0.625. The number of nitrogens with one attached hydrogen (secondary N) is 2. The first-order valence-electron chi connectivity index (χ1n) is 23.2. The van der Waals surface area contributed by atoms with Gasteiger partial charge in [-0.05, 0) is 150 Å². The SMILES string of the molecule is C[Si](C)(C)O[Si](C)(C)CCCCCCCCCCOc1ccc(C(=O)NNC(=O)c2ccc3cc(OCCCCCCCCCC[Si](C)(C)O[Si](C)(C)C)ccc3c2)cc1. The first-order valence-corrected chi connectivity index (χ1v) is 36.3. The van der Waals surface area contributed by atoms with Crippen LogP contribution in [0.2, 0.25) is 77.6 Å². The Kier molecular flexibility index (Phi) is 22.4. The summed E-state index contributed by atoms with van der Waals surface area (Å²) in [7, 11) is -5.86. The number of hydrazine groups is 1. The van der Waals surface area contributed by atoms with Gasteiger partial charge in [0.05, 0.1) is 13.2 Å². The number of unbranched alkanes of at least 4 members (excludes halogenated alkanes) is 14. The second-order valence-corrected chi connectivity index (χ2v) is 38.1. The topological polar surface area (TPSA) is 95.1 Å². The van der Waals surface area contributed by atoms with Gasteiger partial charge < -0.3 is 17.7 Å². The van der Waals surface area contributed by atoms with Crippen LogP contribution in [0.4, 0.5) is 0 Å². The third kappa shape index (κ3) is 22.9. The first kappa shape index (κ1) is 51.6. The number of benzene rings is 3. The van der Waals surface area contributed by atoms with E-state index in [9.17, 15) is 9.59 Å². The largest absolute Gasteiger partial charge is 0.494 e. The van der Waals surface area contributed by atoms with E-state index >= 15 is 0 Å². The van der Waals surface area contributed by atoms with Gasteiger partial charge in [0, 0.05) is 11.1 Å². The maximum Gasteiger partial charge on any atom is 0.269 e. The molecule has 2 N–H and O–H groups in total. The number of rotatable bonds is 30. The molecule has 0 spiro atoms. The van der Waals surface area contributed by atoms with Crippen LogP contribution in [-0.2, 0) is 8.23 Å². The summed E-state index contributed by atoms with van der Waals surface area (Å²) in [5.41, 5.74) is 5.99. The molecule has 0 bridgehead atoms. The van der Waals surface area contributed by atoms with Crippen molar-refractivity contribution < 1.29 is 27.3 Å². The van der Waals surface area contributed by atoms with Crippen molar-refractivity contribution in [1.29, 1.82) is 0 Å². The Bertz CT molecular complexity index is 1710. The van der Waals surface area contributed by atoms with Crippen LogP contribution in [0.1, 0.15) is 123 Å². The minimum atomic E-state index is -1.50. The van der Waals surface area contributed by atoms with E-state index in [0.717, 1.165) is 41.5 Å². The van der Waals surface area contributed by atoms with Crippen molar-refractivity contribution in [2.75, 3.05) is 13.2 Å². The number of carbonyl (C=O) groups excluding carboxylic acids is 2. The molecule has 0 unspecified atom stereocenters. The van der Waals surface area contributed by atoms with Crippen LogP contribution in [0.15, 0.2) is 60.7 Å². The molecule has 0 aromatic heterocycles. The lowest BCUT2D eigenvalue weighted by molar-refractivity contribution is 0.0846. The van der Waals surface area contributed by atoms with E-state index < -0.39 is 33.3 Å². The molecule has 0 saturated carbocycles. The number of hydrogen-bond donors (Lipinski definition) is 2. The van der Waals surface area contributed by atoms with E-state index in [4.69, 9.17) is 17.7 Å². The number of carbonyl (C=O) groups is 2. The molecule has 8 nitrogen and oxygen atoms in total. The van der Waals surface area contributed by atoms with Crippen LogP contribution in [0.3, 0.4) is 0 Å². The van der Waals surface area contributed by atoms with Gasteiger partial charge in [-0.2, -0.15) is 0 Å². The molecule has 0 heterocycles. The minimum Gasteiger partial charge on any atom is -0.494 e. The summed E-state index contributed by atoms with van der Waals surface area (Å²) in [6.07, 6.45) is 20.0. The summed E-state index contributed by atoms with van der Waals surface area (Å²) >= 11 is 0. The van der Waals surface area contributed by atoms with Gasteiger partial charge in [0.2, 0.25) is 0 Å². The predicted molar refractivity (Wildman–Crippen MR) is 264 cm³/mol. The fourth-order valence-electron chi connectivity index (χ4n) is 7.98. The molecular weight excluding hydrogens is 813 g/mol. The summed E-state index contributed by atoms with van der Waals surface area (Å²) in [5.74, 6) is 0.812. The molecule has 60 heavy (non-hydrogen) atoms. The van der Waals surface area contributed by atoms with Gasteiger partial charge in [0.25, 0.3) is 11.8 Å². The Labute approximate surface area is 369 Å². The van der Waals surface area contributed by atoms with Crippen LogP contribution in [0, 0.1) is 0 Å². The molecule has 336 valence electrons. The lowest BCUT2D eigenvalue weighted by atomic mass is 10.1. The number of hydrogen-bond acceptors (Lipinski definition) is 6. The van der Waals surface area contributed by atoms with Crippen LogP contribution in [-0.4, -0.2) is 58.3 Å². The Morgan fingerprint density at radius 2 is 0.767 bits per heavy atom. The lowest BCUT2D eigenvalue weighted by Gasteiger charge is -2.31.